The van der Waals surface area contributed by atoms with Gasteiger partial charge in [-0.1, -0.05) is 6.07 Å². The highest BCUT2D eigenvalue weighted by atomic mass is 16.5. The summed E-state index contributed by atoms with van der Waals surface area (Å²) < 4.78 is 7.63. The standard InChI is InChI=1S/C17H23N5O2/c1-21-8-7-19-16(21)13-22-9-10-24-15(12-22)17(23)20-6-4-14-3-2-5-18-11-14/h2-3,5,7-8,11,15H,4,6,9-10,12-13H2,1H3,(H,20,23)/t15-/m1/s1. The van der Waals surface area contributed by atoms with Gasteiger partial charge in [-0.3, -0.25) is 14.7 Å². The number of rotatable bonds is 6. The van der Waals surface area contributed by atoms with E-state index in [1.807, 2.05) is 36.1 Å². The van der Waals surface area contributed by atoms with Gasteiger partial charge in [-0.15, -0.1) is 0 Å². The summed E-state index contributed by atoms with van der Waals surface area (Å²) in [6.07, 6.45) is 7.62. The van der Waals surface area contributed by atoms with Crippen molar-refractivity contribution in [2.24, 2.45) is 7.05 Å². The molecule has 0 bridgehead atoms. The Labute approximate surface area is 141 Å². The molecule has 3 heterocycles. The van der Waals surface area contributed by atoms with Crippen molar-refractivity contribution in [1.82, 2.24) is 24.8 Å². The number of hydrogen-bond acceptors (Lipinski definition) is 5. The van der Waals surface area contributed by atoms with E-state index in [0.717, 1.165) is 30.9 Å². The average Bonchev–Trinajstić information content (AvgIpc) is 3.01. The number of imidazole rings is 1. The molecule has 1 aliphatic heterocycles. The smallest absolute Gasteiger partial charge is 0.250 e. The number of nitrogens with one attached hydrogen (secondary N) is 1. The molecule has 0 aromatic carbocycles. The van der Waals surface area contributed by atoms with Crippen molar-refractivity contribution < 1.29 is 9.53 Å². The van der Waals surface area contributed by atoms with Gasteiger partial charge in [0, 0.05) is 51.5 Å². The second-order valence-corrected chi connectivity index (χ2v) is 5.95. The molecular weight excluding hydrogens is 306 g/mol. The fourth-order valence-electron chi connectivity index (χ4n) is 2.74. The molecule has 7 heteroatoms. The number of morpholine rings is 1. The van der Waals surface area contributed by atoms with Crippen molar-refractivity contribution >= 4 is 5.91 Å². The van der Waals surface area contributed by atoms with Gasteiger partial charge in [0.15, 0.2) is 0 Å². The zero-order chi connectivity index (χ0) is 16.8. The zero-order valence-electron chi connectivity index (χ0n) is 13.9. The highest BCUT2D eigenvalue weighted by Crippen LogP contribution is 2.09. The molecule has 0 spiro atoms. The molecule has 0 unspecified atom stereocenters. The van der Waals surface area contributed by atoms with Crippen LogP contribution in [-0.2, 0) is 29.5 Å². The van der Waals surface area contributed by atoms with Gasteiger partial charge >= 0.3 is 0 Å². The van der Waals surface area contributed by atoms with Crippen LogP contribution in [0.1, 0.15) is 11.4 Å². The minimum absolute atomic E-state index is 0.0524. The van der Waals surface area contributed by atoms with Crippen molar-refractivity contribution in [3.8, 4) is 0 Å². The van der Waals surface area contributed by atoms with E-state index in [1.165, 1.54) is 0 Å². The summed E-state index contributed by atoms with van der Waals surface area (Å²) in [7, 11) is 1.98. The van der Waals surface area contributed by atoms with Gasteiger partial charge in [0.1, 0.15) is 11.9 Å². The predicted octanol–water partition coefficient (Wildman–Crippen LogP) is 0.375. The second kappa shape index (κ2) is 8.03. The summed E-state index contributed by atoms with van der Waals surface area (Å²) in [6.45, 7) is 3.28. The van der Waals surface area contributed by atoms with Gasteiger partial charge in [0.2, 0.25) is 5.91 Å². The summed E-state index contributed by atoms with van der Waals surface area (Å²) in [5.41, 5.74) is 1.11. The fourth-order valence-corrected chi connectivity index (χ4v) is 2.74. The first-order valence-electron chi connectivity index (χ1n) is 8.19. The molecule has 0 aliphatic carbocycles. The van der Waals surface area contributed by atoms with Gasteiger partial charge in [0.05, 0.1) is 13.2 Å². The van der Waals surface area contributed by atoms with Crippen LogP contribution in [-0.4, -0.2) is 57.7 Å². The van der Waals surface area contributed by atoms with Gasteiger partial charge in [-0.05, 0) is 18.1 Å². The summed E-state index contributed by atoms with van der Waals surface area (Å²) in [5, 5.41) is 2.95. The number of pyridine rings is 1. The monoisotopic (exact) mass is 329 g/mol. The molecule has 0 radical (unpaired) electrons. The molecule has 0 saturated carbocycles. The maximum atomic E-state index is 12.3. The lowest BCUT2D eigenvalue weighted by Gasteiger charge is -2.31. The Balaban J connectivity index is 1.45. The lowest BCUT2D eigenvalue weighted by molar-refractivity contribution is -0.138. The number of aromatic nitrogens is 3. The average molecular weight is 329 g/mol. The topological polar surface area (TPSA) is 72.3 Å². The van der Waals surface area contributed by atoms with Gasteiger partial charge in [-0.25, -0.2) is 4.98 Å². The van der Waals surface area contributed by atoms with Crippen molar-refractivity contribution in [3.05, 3.63) is 48.3 Å². The van der Waals surface area contributed by atoms with Crippen molar-refractivity contribution in [2.75, 3.05) is 26.2 Å². The number of ether oxygens (including phenoxy) is 1. The molecular formula is C17H23N5O2. The fraction of sp³-hybridized carbons (Fsp3) is 0.471. The van der Waals surface area contributed by atoms with Crippen LogP contribution in [0.15, 0.2) is 36.9 Å². The zero-order valence-corrected chi connectivity index (χ0v) is 13.9. The first-order valence-corrected chi connectivity index (χ1v) is 8.19. The number of aryl methyl sites for hydroxylation is 1. The van der Waals surface area contributed by atoms with E-state index in [-0.39, 0.29) is 5.91 Å². The van der Waals surface area contributed by atoms with E-state index in [0.29, 0.717) is 19.7 Å². The van der Waals surface area contributed by atoms with Crippen LogP contribution in [0.2, 0.25) is 0 Å². The molecule has 3 rings (SSSR count). The van der Waals surface area contributed by atoms with Crippen molar-refractivity contribution in [3.63, 3.8) is 0 Å². The van der Waals surface area contributed by atoms with Crippen LogP contribution in [0.4, 0.5) is 0 Å². The summed E-state index contributed by atoms with van der Waals surface area (Å²) in [5.74, 6) is 0.941. The van der Waals surface area contributed by atoms with Crippen LogP contribution >= 0.6 is 0 Å². The first-order chi connectivity index (χ1) is 11.7. The molecule has 1 N–H and O–H groups in total. The van der Waals surface area contributed by atoms with E-state index in [2.05, 4.69) is 20.2 Å². The normalized spacial score (nSPS) is 18.5. The number of nitrogens with zero attached hydrogens (tertiary/aromatic N) is 4. The van der Waals surface area contributed by atoms with Gasteiger partial charge < -0.3 is 14.6 Å². The van der Waals surface area contributed by atoms with Crippen LogP contribution in [0.5, 0.6) is 0 Å². The molecule has 24 heavy (non-hydrogen) atoms. The van der Waals surface area contributed by atoms with Crippen molar-refractivity contribution in [1.29, 1.82) is 0 Å². The second-order valence-electron chi connectivity index (χ2n) is 5.95. The lowest BCUT2D eigenvalue weighted by Crippen LogP contribution is -2.49. The highest BCUT2D eigenvalue weighted by Gasteiger charge is 2.26. The first kappa shape index (κ1) is 16.6. The third kappa shape index (κ3) is 4.39. The van der Waals surface area contributed by atoms with Crippen LogP contribution in [0, 0.1) is 0 Å². The molecule has 1 atom stereocenters. The Bertz CT molecular complexity index is 658. The minimum Gasteiger partial charge on any atom is -0.366 e. The van der Waals surface area contributed by atoms with Crippen molar-refractivity contribution in [2.45, 2.75) is 19.1 Å². The number of hydrogen-bond donors (Lipinski definition) is 1. The molecule has 2 aromatic heterocycles. The summed E-state index contributed by atoms with van der Waals surface area (Å²) in [6, 6.07) is 3.90. The quantitative estimate of drug-likeness (QED) is 0.829. The Morgan fingerprint density at radius 1 is 1.46 bits per heavy atom. The molecule has 1 amide bonds. The van der Waals surface area contributed by atoms with Gasteiger partial charge in [0.25, 0.3) is 0 Å². The number of carbonyl (C=O) groups excluding carboxylic acids is 1. The van der Waals surface area contributed by atoms with E-state index in [1.54, 1.807) is 12.4 Å². The van der Waals surface area contributed by atoms with Crippen LogP contribution < -0.4 is 5.32 Å². The molecule has 128 valence electrons. The largest absolute Gasteiger partial charge is 0.366 e. The molecule has 1 fully saturated rings. The third-order valence-corrected chi connectivity index (χ3v) is 4.16. The van der Waals surface area contributed by atoms with Crippen LogP contribution in [0.3, 0.4) is 0 Å². The Morgan fingerprint density at radius 2 is 2.38 bits per heavy atom. The van der Waals surface area contributed by atoms with E-state index < -0.39 is 6.10 Å². The lowest BCUT2D eigenvalue weighted by atomic mass is 10.2. The summed E-state index contributed by atoms with van der Waals surface area (Å²) >= 11 is 0. The Morgan fingerprint density at radius 3 is 3.12 bits per heavy atom. The summed E-state index contributed by atoms with van der Waals surface area (Å²) in [4.78, 5) is 22.9. The molecule has 1 aliphatic rings. The Hall–Kier alpha value is -2.25. The molecule has 1 saturated heterocycles. The maximum Gasteiger partial charge on any atom is 0.250 e. The predicted molar refractivity (Wildman–Crippen MR) is 89.2 cm³/mol. The van der Waals surface area contributed by atoms with E-state index in [9.17, 15) is 4.79 Å². The molecule has 7 nitrogen and oxygen atoms in total. The number of amides is 1. The third-order valence-electron chi connectivity index (χ3n) is 4.16. The van der Waals surface area contributed by atoms with E-state index in [4.69, 9.17) is 4.74 Å². The Kier molecular flexibility index (Phi) is 5.55. The van der Waals surface area contributed by atoms with Crippen LogP contribution in [0.25, 0.3) is 0 Å². The molecule has 2 aromatic rings. The maximum absolute atomic E-state index is 12.3. The SMILES string of the molecule is Cn1ccnc1CN1CCO[C@@H](C(=O)NCCc2cccnc2)C1. The highest BCUT2D eigenvalue weighted by molar-refractivity contribution is 5.81. The van der Waals surface area contributed by atoms with E-state index >= 15 is 0 Å². The van der Waals surface area contributed by atoms with Gasteiger partial charge in [-0.2, -0.15) is 0 Å². The number of carbonyl (C=O) groups is 1. The minimum atomic E-state index is -0.423.